The van der Waals surface area contributed by atoms with Crippen molar-refractivity contribution in [1.29, 1.82) is 0 Å². The van der Waals surface area contributed by atoms with Gasteiger partial charge in [0.1, 0.15) is 15.9 Å². The van der Waals surface area contributed by atoms with Crippen LogP contribution in [0.2, 0.25) is 0 Å². The van der Waals surface area contributed by atoms with Crippen molar-refractivity contribution in [2.45, 2.75) is 42.2 Å². The van der Waals surface area contributed by atoms with Crippen molar-refractivity contribution in [2.24, 2.45) is 0 Å². The van der Waals surface area contributed by atoms with Crippen molar-refractivity contribution in [1.82, 2.24) is 0 Å². The first kappa shape index (κ1) is 18.7. The lowest BCUT2D eigenvalue weighted by Gasteiger charge is -2.22. The zero-order chi connectivity index (χ0) is 16.5. The first-order chi connectivity index (χ1) is 10.1. The van der Waals surface area contributed by atoms with Crippen LogP contribution in [0.3, 0.4) is 0 Å². The highest BCUT2D eigenvalue weighted by Crippen LogP contribution is 2.31. The minimum absolute atomic E-state index is 0.0340. The van der Waals surface area contributed by atoms with Gasteiger partial charge in [-0.2, -0.15) is 8.42 Å². The van der Waals surface area contributed by atoms with Gasteiger partial charge in [-0.15, -0.1) is 0 Å². The average molecular weight is 571 g/mol. The van der Waals surface area contributed by atoms with E-state index < -0.39 is 25.5 Å². The number of benzene rings is 1. The molecule has 124 valence electrons. The van der Waals surface area contributed by atoms with Crippen molar-refractivity contribution in [3.05, 3.63) is 19.3 Å². The Morgan fingerprint density at radius 3 is 1.95 bits per heavy atom. The predicted molar refractivity (Wildman–Crippen MR) is 96.3 cm³/mol. The predicted octanol–water partition coefficient (Wildman–Crippen LogP) is 2.84. The molecule has 0 radical (unpaired) electrons. The molecule has 0 unspecified atom stereocenters. The van der Waals surface area contributed by atoms with Crippen LogP contribution in [0.15, 0.2) is 17.0 Å². The van der Waals surface area contributed by atoms with Gasteiger partial charge in [0.15, 0.2) is 0 Å². The maximum absolute atomic E-state index is 12.3. The van der Waals surface area contributed by atoms with Gasteiger partial charge in [-0.3, -0.25) is 0 Å². The molecule has 0 aromatic heterocycles. The van der Waals surface area contributed by atoms with Gasteiger partial charge in [-0.1, -0.05) is 19.3 Å². The van der Waals surface area contributed by atoms with Crippen LogP contribution in [0, 0.1) is 7.14 Å². The highest BCUT2D eigenvalue weighted by atomic mass is 127. The smallest absolute Gasteiger partial charge is 0.312 e. The summed E-state index contributed by atoms with van der Waals surface area (Å²) in [7, 11) is -8.37. The van der Waals surface area contributed by atoms with Crippen molar-refractivity contribution >= 4 is 65.4 Å². The molecule has 0 N–H and O–H groups in total. The summed E-state index contributed by atoms with van der Waals surface area (Å²) < 4.78 is 63.5. The second-order valence-electron chi connectivity index (χ2n) is 5.01. The van der Waals surface area contributed by atoms with Crippen molar-refractivity contribution < 1.29 is 25.6 Å². The topological polar surface area (TPSA) is 101 Å². The molecule has 0 bridgehead atoms. The Morgan fingerprint density at radius 2 is 1.50 bits per heavy atom. The van der Waals surface area contributed by atoms with Gasteiger partial charge in [-0.25, -0.2) is 8.42 Å². The van der Waals surface area contributed by atoms with Crippen LogP contribution in [0.25, 0.3) is 0 Å². The fourth-order valence-corrected chi connectivity index (χ4v) is 7.72. The van der Waals surface area contributed by atoms with Crippen LogP contribution < -0.4 is 4.18 Å². The maximum Gasteiger partial charge on any atom is 0.312 e. The average Bonchev–Trinajstić information content (AvgIpc) is 2.36. The van der Waals surface area contributed by atoms with Crippen LogP contribution in [0.1, 0.15) is 32.1 Å². The number of hydrogen-bond acceptors (Lipinski definition) is 6. The molecule has 0 spiro atoms. The summed E-state index contributed by atoms with van der Waals surface area (Å²) in [6.45, 7) is 0. The Balaban J connectivity index is 2.31. The molecule has 1 aromatic rings. The Kier molecular flexibility index (Phi) is 6.00. The molecule has 1 aromatic carbocycles. The zero-order valence-corrected chi connectivity index (χ0v) is 17.2. The number of rotatable bonds is 4. The standard InChI is InChI=1S/C12H14I2O6S2/c13-10-6-8(7-11(14)12(10)21(15,16)17)20-22(18,19)9-4-2-1-3-5-9/h6-7,9H,1-5H2,(H,15,16,17)/p-1. The van der Waals surface area contributed by atoms with Gasteiger partial charge in [-0.05, 0) is 70.2 Å². The van der Waals surface area contributed by atoms with E-state index in [9.17, 15) is 21.4 Å². The van der Waals surface area contributed by atoms with E-state index in [0.29, 0.717) is 12.8 Å². The summed E-state index contributed by atoms with van der Waals surface area (Å²) in [5, 5.41) is -0.528. The van der Waals surface area contributed by atoms with Crippen LogP contribution >= 0.6 is 45.2 Å². The molecule has 0 atom stereocenters. The number of halogens is 2. The van der Waals surface area contributed by atoms with E-state index >= 15 is 0 Å². The molecule has 10 heteroatoms. The molecule has 6 nitrogen and oxygen atoms in total. The van der Waals surface area contributed by atoms with E-state index in [-0.39, 0.29) is 17.8 Å². The first-order valence-corrected chi connectivity index (χ1v) is 11.5. The van der Waals surface area contributed by atoms with Crippen LogP contribution in [0.5, 0.6) is 5.75 Å². The summed E-state index contributed by atoms with van der Waals surface area (Å²) in [4.78, 5) is -0.351. The van der Waals surface area contributed by atoms with E-state index in [2.05, 4.69) is 0 Å². The molecule has 22 heavy (non-hydrogen) atoms. The Hall–Kier alpha value is 0.340. The summed E-state index contributed by atoms with van der Waals surface area (Å²) in [5.74, 6) is 0.0340. The van der Waals surface area contributed by atoms with E-state index in [0.717, 1.165) is 19.3 Å². The molecule has 0 amide bonds. The van der Waals surface area contributed by atoms with E-state index in [4.69, 9.17) is 4.18 Å². The van der Waals surface area contributed by atoms with Crippen molar-refractivity contribution in [3.8, 4) is 5.75 Å². The fourth-order valence-electron chi connectivity index (χ4n) is 2.38. The van der Waals surface area contributed by atoms with Gasteiger partial charge in [0, 0.05) is 7.14 Å². The molecule has 0 aliphatic heterocycles. The van der Waals surface area contributed by atoms with Crippen LogP contribution in [-0.4, -0.2) is 26.6 Å². The fraction of sp³-hybridized carbons (Fsp3) is 0.500. The zero-order valence-electron chi connectivity index (χ0n) is 11.3. The summed E-state index contributed by atoms with van der Waals surface area (Å²) in [6, 6.07) is 2.52. The third-order valence-corrected chi connectivity index (χ3v) is 8.48. The van der Waals surface area contributed by atoms with E-state index in [1.54, 1.807) is 45.2 Å². The second-order valence-corrected chi connectivity index (χ2v) is 10.5. The molecule has 1 aliphatic rings. The normalized spacial score (nSPS) is 17.4. The minimum Gasteiger partial charge on any atom is -0.744 e. The van der Waals surface area contributed by atoms with Gasteiger partial charge in [0.05, 0.1) is 10.1 Å². The third-order valence-electron chi connectivity index (χ3n) is 3.39. The molecule has 1 saturated carbocycles. The molecular formula is C12H13I2O6S2-. The summed E-state index contributed by atoms with van der Waals surface area (Å²) in [5.41, 5.74) is 0. The minimum atomic E-state index is -4.62. The molecular weight excluding hydrogens is 558 g/mol. The van der Waals surface area contributed by atoms with Crippen molar-refractivity contribution in [2.75, 3.05) is 0 Å². The lowest BCUT2D eigenvalue weighted by atomic mass is 10.0. The highest BCUT2D eigenvalue weighted by Gasteiger charge is 2.29. The molecule has 0 heterocycles. The molecule has 1 aliphatic carbocycles. The van der Waals surface area contributed by atoms with Crippen LogP contribution in [0.4, 0.5) is 0 Å². The Morgan fingerprint density at radius 1 is 1.00 bits per heavy atom. The van der Waals surface area contributed by atoms with Crippen LogP contribution in [-0.2, 0) is 20.2 Å². The second kappa shape index (κ2) is 7.07. The molecule has 0 saturated heterocycles. The van der Waals surface area contributed by atoms with Gasteiger partial charge < -0.3 is 8.74 Å². The van der Waals surface area contributed by atoms with Gasteiger partial charge >= 0.3 is 10.1 Å². The lowest BCUT2D eigenvalue weighted by Crippen LogP contribution is -2.28. The Bertz CT molecular complexity index is 744. The molecule has 1 fully saturated rings. The first-order valence-electron chi connectivity index (χ1n) is 6.49. The maximum atomic E-state index is 12.3. The SMILES string of the molecule is O=S(=O)([O-])c1c(I)cc(OS(=O)(=O)C2CCCCC2)cc1I. The largest absolute Gasteiger partial charge is 0.744 e. The summed E-state index contributed by atoms with van der Waals surface area (Å²) in [6.07, 6.45) is 3.89. The van der Waals surface area contributed by atoms with E-state index in [1.165, 1.54) is 12.1 Å². The third kappa shape index (κ3) is 4.45. The monoisotopic (exact) mass is 571 g/mol. The van der Waals surface area contributed by atoms with Gasteiger partial charge in [0.2, 0.25) is 0 Å². The molecule has 2 rings (SSSR count). The lowest BCUT2D eigenvalue weighted by molar-refractivity contribution is 0.429. The Labute approximate surface area is 157 Å². The summed E-state index contributed by atoms with van der Waals surface area (Å²) >= 11 is 3.37. The quantitative estimate of drug-likeness (QED) is 0.313. The van der Waals surface area contributed by atoms with Crippen molar-refractivity contribution in [3.63, 3.8) is 0 Å². The number of hydrogen-bond donors (Lipinski definition) is 0. The highest BCUT2D eigenvalue weighted by molar-refractivity contribution is 14.1. The van der Waals surface area contributed by atoms with E-state index in [1.807, 2.05) is 0 Å². The van der Waals surface area contributed by atoms with Gasteiger partial charge in [0.25, 0.3) is 0 Å².